The molecule has 2 fully saturated rings. The average Bonchev–Trinajstić information content (AvgIpc) is 3.17. The van der Waals surface area contributed by atoms with Crippen LogP contribution in [0.3, 0.4) is 0 Å². The Labute approximate surface area is 216 Å². The van der Waals surface area contributed by atoms with Crippen molar-refractivity contribution in [3.05, 3.63) is 65.0 Å². The number of methoxy groups -OCH3 is 1. The van der Waals surface area contributed by atoms with Crippen molar-refractivity contribution >= 4 is 17.4 Å². The fourth-order valence-electron chi connectivity index (χ4n) is 4.70. The van der Waals surface area contributed by atoms with Gasteiger partial charge in [0.2, 0.25) is 0 Å². The van der Waals surface area contributed by atoms with Gasteiger partial charge in [-0.15, -0.1) is 0 Å². The number of Topliss-reactive ketones (excluding diaryl/α,β-unsaturated/α-hetero) is 1. The maximum atomic E-state index is 13.5. The van der Waals surface area contributed by atoms with Gasteiger partial charge in [-0.05, 0) is 54.8 Å². The molecule has 1 unspecified atom stereocenters. The van der Waals surface area contributed by atoms with Crippen LogP contribution < -0.4 is 9.47 Å². The fourth-order valence-corrected chi connectivity index (χ4v) is 4.70. The molecule has 1 amide bonds. The van der Waals surface area contributed by atoms with E-state index in [0.29, 0.717) is 49.8 Å². The zero-order chi connectivity index (χ0) is 26.4. The van der Waals surface area contributed by atoms with Crippen LogP contribution in [-0.4, -0.2) is 79.7 Å². The Bertz CT molecular complexity index is 1140. The summed E-state index contributed by atoms with van der Waals surface area (Å²) in [7, 11) is 1.52. The van der Waals surface area contributed by atoms with Crippen LogP contribution in [0.15, 0.2) is 48.0 Å². The minimum Gasteiger partial charge on any atom is -0.507 e. The summed E-state index contributed by atoms with van der Waals surface area (Å²) in [5, 5.41) is 11.2. The van der Waals surface area contributed by atoms with Crippen LogP contribution in [0.2, 0.25) is 0 Å². The van der Waals surface area contributed by atoms with Gasteiger partial charge in [-0.3, -0.25) is 14.5 Å². The molecule has 2 saturated heterocycles. The number of rotatable bonds is 10. The number of ketones is 1. The molecule has 0 aromatic heterocycles. The van der Waals surface area contributed by atoms with E-state index >= 15 is 0 Å². The molecule has 2 aliphatic heterocycles. The summed E-state index contributed by atoms with van der Waals surface area (Å²) in [6, 6.07) is 9.59. The van der Waals surface area contributed by atoms with E-state index in [0.717, 1.165) is 26.1 Å². The Morgan fingerprint density at radius 3 is 2.49 bits per heavy atom. The standard InChI is InChI=1S/C28H33FN2O6/c1-3-15-37-22-10-7-20(18-23(22)35-2)25-24(26(32)19-5-8-21(29)9-6-19)27(33)28(34)31(25)12-4-11-30-13-16-36-17-14-30/h5-10,18,25,32H,3-4,11-17H2,1-2H3/b26-24-. The summed E-state index contributed by atoms with van der Waals surface area (Å²) >= 11 is 0. The monoisotopic (exact) mass is 512 g/mol. The third-order valence-corrected chi connectivity index (χ3v) is 6.60. The number of morpholine rings is 1. The van der Waals surface area contributed by atoms with Gasteiger partial charge in [-0.25, -0.2) is 4.39 Å². The molecule has 2 aromatic rings. The SMILES string of the molecule is CCCOc1ccc(C2/C(=C(/O)c3ccc(F)cc3)C(=O)C(=O)N2CCCN2CCOCC2)cc1OC. The number of benzene rings is 2. The molecule has 0 aliphatic carbocycles. The van der Waals surface area contributed by atoms with E-state index in [-0.39, 0.29) is 16.9 Å². The number of nitrogens with zero attached hydrogens (tertiary/aromatic N) is 2. The lowest BCUT2D eigenvalue weighted by molar-refractivity contribution is -0.140. The summed E-state index contributed by atoms with van der Waals surface area (Å²) in [6.45, 7) is 6.59. The first-order valence-electron chi connectivity index (χ1n) is 12.6. The zero-order valence-corrected chi connectivity index (χ0v) is 21.2. The van der Waals surface area contributed by atoms with Gasteiger partial charge in [0.15, 0.2) is 11.5 Å². The molecule has 2 aliphatic rings. The number of hydrogen-bond donors (Lipinski definition) is 1. The van der Waals surface area contributed by atoms with Crippen molar-refractivity contribution in [2.24, 2.45) is 0 Å². The van der Waals surface area contributed by atoms with E-state index in [1.54, 1.807) is 18.2 Å². The number of carbonyl (C=O) groups excluding carboxylic acids is 2. The number of likely N-dealkylation sites (tertiary alicyclic amines) is 1. The van der Waals surface area contributed by atoms with Crippen LogP contribution >= 0.6 is 0 Å². The second-order valence-electron chi connectivity index (χ2n) is 9.07. The molecule has 0 saturated carbocycles. The second kappa shape index (κ2) is 12.2. The fraction of sp³-hybridized carbons (Fsp3) is 0.429. The van der Waals surface area contributed by atoms with Crippen LogP contribution in [0.5, 0.6) is 11.5 Å². The van der Waals surface area contributed by atoms with E-state index in [9.17, 15) is 19.1 Å². The van der Waals surface area contributed by atoms with Gasteiger partial charge in [0.1, 0.15) is 11.6 Å². The van der Waals surface area contributed by atoms with Crippen LogP contribution in [0.25, 0.3) is 5.76 Å². The summed E-state index contributed by atoms with van der Waals surface area (Å²) in [6.07, 6.45) is 1.47. The topological polar surface area (TPSA) is 88.5 Å². The van der Waals surface area contributed by atoms with Crippen molar-refractivity contribution in [1.29, 1.82) is 0 Å². The molecule has 8 nitrogen and oxygen atoms in total. The molecule has 2 aromatic carbocycles. The largest absolute Gasteiger partial charge is 0.507 e. The highest BCUT2D eigenvalue weighted by Gasteiger charge is 2.46. The highest BCUT2D eigenvalue weighted by atomic mass is 19.1. The molecule has 9 heteroatoms. The number of halogens is 1. The van der Waals surface area contributed by atoms with E-state index < -0.39 is 23.5 Å². The van der Waals surface area contributed by atoms with Crippen molar-refractivity contribution in [3.63, 3.8) is 0 Å². The highest BCUT2D eigenvalue weighted by molar-refractivity contribution is 6.46. The Kier molecular flexibility index (Phi) is 8.78. The first-order valence-corrected chi connectivity index (χ1v) is 12.6. The van der Waals surface area contributed by atoms with Gasteiger partial charge in [0, 0.05) is 31.7 Å². The molecule has 2 heterocycles. The smallest absolute Gasteiger partial charge is 0.295 e. The molecule has 37 heavy (non-hydrogen) atoms. The summed E-state index contributed by atoms with van der Waals surface area (Å²) < 4.78 is 30.2. The number of carbonyl (C=O) groups is 2. The lowest BCUT2D eigenvalue weighted by Crippen LogP contribution is -2.39. The molecule has 4 rings (SSSR count). The lowest BCUT2D eigenvalue weighted by Gasteiger charge is -2.29. The normalized spacial score (nSPS) is 19.9. The molecule has 1 N–H and O–H groups in total. The van der Waals surface area contributed by atoms with E-state index in [4.69, 9.17) is 14.2 Å². The van der Waals surface area contributed by atoms with Crippen LogP contribution in [-0.2, 0) is 14.3 Å². The number of ether oxygens (including phenoxy) is 3. The maximum Gasteiger partial charge on any atom is 0.295 e. The van der Waals surface area contributed by atoms with Gasteiger partial charge < -0.3 is 24.2 Å². The van der Waals surface area contributed by atoms with Crippen molar-refractivity contribution in [2.45, 2.75) is 25.8 Å². The van der Waals surface area contributed by atoms with Crippen LogP contribution in [0.1, 0.15) is 36.9 Å². The van der Waals surface area contributed by atoms with Crippen molar-refractivity contribution in [2.75, 3.05) is 53.1 Å². The Hall–Kier alpha value is -3.43. The van der Waals surface area contributed by atoms with Gasteiger partial charge >= 0.3 is 0 Å². The maximum absolute atomic E-state index is 13.5. The molecular weight excluding hydrogens is 479 g/mol. The van der Waals surface area contributed by atoms with Gasteiger partial charge in [0.05, 0.1) is 38.5 Å². The summed E-state index contributed by atoms with van der Waals surface area (Å²) in [4.78, 5) is 30.2. The van der Waals surface area contributed by atoms with E-state index in [2.05, 4.69) is 4.90 Å². The first-order chi connectivity index (χ1) is 17.9. The Balaban J connectivity index is 1.70. The second-order valence-corrected chi connectivity index (χ2v) is 9.07. The average molecular weight is 513 g/mol. The van der Waals surface area contributed by atoms with Crippen molar-refractivity contribution in [3.8, 4) is 11.5 Å². The number of aliphatic hydroxyl groups is 1. The number of aliphatic hydroxyl groups excluding tert-OH is 1. The lowest BCUT2D eigenvalue weighted by atomic mass is 9.95. The molecule has 0 bridgehead atoms. The minimum absolute atomic E-state index is 0.0349. The quantitative estimate of drug-likeness (QED) is 0.295. The molecule has 0 radical (unpaired) electrons. The third-order valence-electron chi connectivity index (χ3n) is 6.60. The number of amides is 1. The Morgan fingerprint density at radius 2 is 1.81 bits per heavy atom. The summed E-state index contributed by atoms with van der Waals surface area (Å²) in [5.74, 6) is -1.25. The van der Waals surface area contributed by atoms with Gasteiger partial charge in [-0.2, -0.15) is 0 Å². The predicted molar refractivity (Wildman–Crippen MR) is 136 cm³/mol. The third kappa shape index (κ3) is 5.94. The minimum atomic E-state index is -0.830. The Morgan fingerprint density at radius 1 is 1.08 bits per heavy atom. The van der Waals surface area contributed by atoms with Crippen LogP contribution in [0.4, 0.5) is 4.39 Å². The molecule has 0 spiro atoms. The number of hydrogen-bond acceptors (Lipinski definition) is 7. The van der Waals surface area contributed by atoms with Crippen LogP contribution in [0, 0.1) is 5.82 Å². The van der Waals surface area contributed by atoms with Gasteiger partial charge in [-0.1, -0.05) is 13.0 Å². The van der Waals surface area contributed by atoms with Crippen molar-refractivity contribution in [1.82, 2.24) is 9.80 Å². The molecule has 198 valence electrons. The van der Waals surface area contributed by atoms with E-state index in [1.165, 1.54) is 36.3 Å². The van der Waals surface area contributed by atoms with Gasteiger partial charge in [0.25, 0.3) is 11.7 Å². The predicted octanol–water partition coefficient (Wildman–Crippen LogP) is 3.77. The molecular formula is C28H33FN2O6. The molecule has 1 atom stereocenters. The van der Waals surface area contributed by atoms with Crippen molar-refractivity contribution < 1.29 is 33.3 Å². The first kappa shape index (κ1) is 26.6. The highest BCUT2D eigenvalue weighted by Crippen LogP contribution is 2.42. The zero-order valence-electron chi connectivity index (χ0n) is 21.2. The summed E-state index contributed by atoms with van der Waals surface area (Å²) in [5.41, 5.74) is 0.828. The van der Waals surface area contributed by atoms with E-state index in [1.807, 2.05) is 6.92 Å².